The van der Waals surface area contributed by atoms with Crippen LogP contribution < -0.4 is 0 Å². The summed E-state index contributed by atoms with van der Waals surface area (Å²) in [7, 11) is -0.833. The van der Waals surface area contributed by atoms with Gasteiger partial charge in [0.2, 0.25) is 0 Å². The lowest BCUT2D eigenvalue weighted by atomic mass is 10.3. The summed E-state index contributed by atoms with van der Waals surface area (Å²) in [5.41, 5.74) is 0. The summed E-state index contributed by atoms with van der Waals surface area (Å²) >= 11 is 0. The average molecular weight is 314 g/mol. The average Bonchev–Trinajstić information content (AvgIpc) is 2.41. The Hall–Kier alpha value is -2.63. The normalized spacial score (nSPS) is 7.86. The summed E-state index contributed by atoms with van der Waals surface area (Å²) < 4.78 is 8.46. The molecule has 0 aliphatic carbocycles. The zero-order valence-corrected chi connectivity index (χ0v) is 11.7. The van der Waals surface area contributed by atoms with Crippen molar-refractivity contribution in [3.05, 3.63) is 60.7 Å². The fraction of sp³-hybridized carbons (Fsp3) is 0. The molecular formula is C13H15O7P. The molecule has 0 unspecified atom stereocenters. The van der Waals surface area contributed by atoms with Gasteiger partial charge < -0.3 is 25.3 Å². The fourth-order valence-corrected chi connectivity index (χ4v) is 0.856. The zero-order valence-electron chi connectivity index (χ0n) is 10.8. The summed E-state index contributed by atoms with van der Waals surface area (Å²) in [5.74, 6) is 0.644. The largest absolute Gasteiger partial charge is 0.508 e. The van der Waals surface area contributed by atoms with Gasteiger partial charge in [0.1, 0.15) is 11.5 Å². The lowest BCUT2D eigenvalue weighted by Gasteiger charge is -1.82. The topological polar surface area (TPSA) is 135 Å². The van der Waals surface area contributed by atoms with Crippen molar-refractivity contribution in [1.82, 2.24) is 0 Å². The molecular weight excluding hydrogens is 299 g/mol. The highest BCUT2D eigenvalue weighted by Crippen LogP contribution is 2.03. The van der Waals surface area contributed by atoms with Gasteiger partial charge in [0.05, 0.1) is 0 Å². The van der Waals surface area contributed by atoms with E-state index < -0.39 is 14.8 Å². The van der Waals surface area contributed by atoms with Crippen LogP contribution in [0.15, 0.2) is 60.7 Å². The fourth-order valence-electron chi connectivity index (χ4n) is 0.856. The Morgan fingerprint density at radius 2 is 0.952 bits per heavy atom. The minimum Gasteiger partial charge on any atom is -0.508 e. The van der Waals surface area contributed by atoms with Crippen molar-refractivity contribution in [3.63, 3.8) is 0 Å². The Kier molecular flexibility index (Phi) is 15.2. The van der Waals surface area contributed by atoms with Crippen molar-refractivity contribution in [2.45, 2.75) is 0 Å². The number of benzene rings is 2. The second kappa shape index (κ2) is 15.4. The van der Waals surface area contributed by atoms with Gasteiger partial charge >= 0.3 is 14.8 Å². The molecule has 0 spiro atoms. The van der Waals surface area contributed by atoms with E-state index in [0.29, 0.717) is 11.5 Å². The molecule has 2 aromatic rings. The van der Waals surface area contributed by atoms with Crippen molar-refractivity contribution in [2.75, 3.05) is 0 Å². The van der Waals surface area contributed by atoms with Crippen LogP contribution in [0.25, 0.3) is 0 Å². The van der Waals surface area contributed by atoms with Crippen LogP contribution in [0, 0.1) is 0 Å². The highest BCUT2D eigenvalue weighted by atomic mass is 31.1. The van der Waals surface area contributed by atoms with Crippen molar-refractivity contribution < 1.29 is 34.7 Å². The van der Waals surface area contributed by atoms with Crippen LogP contribution in [0.4, 0.5) is 4.79 Å². The molecule has 8 heteroatoms. The van der Waals surface area contributed by atoms with Crippen molar-refractivity contribution in [3.8, 4) is 11.5 Å². The monoisotopic (exact) mass is 314 g/mol. The van der Waals surface area contributed by atoms with E-state index in [-0.39, 0.29) is 0 Å². The maximum absolute atomic E-state index is 8.63. The predicted molar refractivity (Wildman–Crippen MR) is 76.7 cm³/mol. The minimum absolute atomic E-state index is 0.322. The van der Waals surface area contributed by atoms with Crippen LogP contribution >= 0.6 is 8.69 Å². The van der Waals surface area contributed by atoms with Crippen LogP contribution in [0.3, 0.4) is 0 Å². The molecule has 114 valence electrons. The van der Waals surface area contributed by atoms with Gasteiger partial charge in [-0.3, -0.25) is 0 Å². The Balaban J connectivity index is 0. The quantitative estimate of drug-likeness (QED) is 0.471. The number of phenols is 2. The first-order valence-electron chi connectivity index (χ1n) is 5.30. The SMILES string of the molecule is O=C(O)O.O=PO.Oc1ccccc1.Oc1ccccc1. The van der Waals surface area contributed by atoms with Gasteiger partial charge in [0, 0.05) is 0 Å². The van der Waals surface area contributed by atoms with Gasteiger partial charge in [0.15, 0.2) is 0 Å². The molecule has 21 heavy (non-hydrogen) atoms. The van der Waals surface area contributed by atoms with Crippen molar-refractivity contribution in [1.29, 1.82) is 0 Å². The van der Waals surface area contributed by atoms with E-state index >= 15 is 0 Å². The Morgan fingerprint density at radius 3 is 1.05 bits per heavy atom. The highest BCUT2D eigenvalue weighted by Gasteiger charge is 1.75. The Labute approximate surface area is 122 Å². The number of phenolic OH excluding ortho intramolecular Hbond substituents is 2. The van der Waals surface area contributed by atoms with Crippen LogP contribution in [0.2, 0.25) is 0 Å². The van der Waals surface area contributed by atoms with Gasteiger partial charge in [-0.15, -0.1) is 0 Å². The molecule has 0 saturated carbocycles. The third-order valence-electron chi connectivity index (χ3n) is 1.51. The first-order chi connectivity index (χ1) is 9.93. The van der Waals surface area contributed by atoms with E-state index in [1.54, 1.807) is 48.5 Å². The van der Waals surface area contributed by atoms with E-state index in [2.05, 4.69) is 0 Å². The second-order valence-electron chi connectivity index (χ2n) is 3.04. The maximum Gasteiger partial charge on any atom is 0.503 e. The molecule has 0 saturated heterocycles. The third-order valence-corrected chi connectivity index (χ3v) is 1.51. The predicted octanol–water partition coefficient (Wildman–Crippen LogP) is 3.19. The Morgan fingerprint density at radius 1 is 0.762 bits per heavy atom. The van der Waals surface area contributed by atoms with Crippen LogP contribution in [0.5, 0.6) is 11.5 Å². The minimum atomic E-state index is -1.83. The molecule has 0 amide bonds. The standard InChI is InChI=1S/2C6H6O.CH2O3.HO2P/c2*7-6-4-2-1-3-5-6;2-1(3)4;1-3-2/h2*1-5,7H;(H2,2,3,4);(H,1,2). The molecule has 0 aliphatic heterocycles. The molecule has 0 fully saturated rings. The van der Waals surface area contributed by atoms with E-state index in [9.17, 15) is 0 Å². The maximum atomic E-state index is 8.63. The van der Waals surface area contributed by atoms with Gasteiger partial charge in [-0.2, -0.15) is 0 Å². The van der Waals surface area contributed by atoms with Crippen LogP contribution in [0.1, 0.15) is 0 Å². The molecule has 0 radical (unpaired) electrons. The third kappa shape index (κ3) is 23.0. The van der Waals surface area contributed by atoms with Gasteiger partial charge in [-0.1, -0.05) is 36.4 Å². The number of carbonyl (C=O) groups is 1. The van der Waals surface area contributed by atoms with Gasteiger partial charge in [-0.25, -0.2) is 9.36 Å². The second-order valence-corrected chi connectivity index (χ2v) is 3.20. The molecule has 2 aromatic carbocycles. The number of rotatable bonds is 0. The summed E-state index contributed by atoms with van der Waals surface area (Å²) in [5, 5.41) is 31.2. The summed E-state index contributed by atoms with van der Waals surface area (Å²) in [6.45, 7) is 0. The van der Waals surface area contributed by atoms with Crippen LogP contribution in [-0.2, 0) is 4.57 Å². The van der Waals surface area contributed by atoms with E-state index in [1.165, 1.54) is 0 Å². The lowest BCUT2D eigenvalue weighted by Crippen LogP contribution is -1.81. The molecule has 0 aromatic heterocycles. The molecule has 5 N–H and O–H groups in total. The number of carboxylic acid groups (broad SMARTS) is 2. The summed E-state index contributed by atoms with van der Waals surface area (Å²) in [6, 6.07) is 17.4. The zero-order chi connectivity index (χ0) is 16.5. The van der Waals surface area contributed by atoms with E-state index in [0.717, 1.165) is 0 Å². The van der Waals surface area contributed by atoms with Crippen molar-refractivity contribution in [2.24, 2.45) is 0 Å². The van der Waals surface area contributed by atoms with E-state index in [1.807, 2.05) is 12.1 Å². The molecule has 0 bridgehead atoms. The smallest absolute Gasteiger partial charge is 0.503 e. The van der Waals surface area contributed by atoms with E-state index in [4.69, 9.17) is 34.7 Å². The highest BCUT2D eigenvalue weighted by molar-refractivity contribution is 7.16. The molecule has 0 aliphatic rings. The molecule has 2 rings (SSSR count). The van der Waals surface area contributed by atoms with Gasteiger partial charge in [-0.05, 0) is 24.3 Å². The molecule has 0 atom stereocenters. The molecule has 7 nitrogen and oxygen atoms in total. The first-order valence-corrected chi connectivity index (χ1v) is 6.07. The number of aromatic hydroxyl groups is 2. The van der Waals surface area contributed by atoms with Crippen molar-refractivity contribution >= 4 is 14.8 Å². The first kappa shape index (κ1) is 20.7. The Bertz CT molecular complexity index is 435. The summed E-state index contributed by atoms with van der Waals surface area (Å²) in [4.78, 5) is 15.5. The molecule has 0 heterocycles. The van der Waals surface area contributed by atoms with Gasteiger partial charge in [0.25, 0.3) is 0 Å². The number of para-hydroxylation sites is 2. The van der Waals surface area contributed by atoms with Crippen LogP contribution in [-0.4, -0.2) is 31.5 Å². The lowest BCUT2D eigenvalue weighted by molar-refractivity contribution is 0.137. The number of hydrogen-bond donors (Lipinski definition) is 5. The number of hydrogen-bond acceptors (Lipinski definition) is 4. The summed E-state index contributed by atoms with van der Waals surface area (Å²) in [6.07, 6.45) is -1.83.